The van der Waals surface area contributed by atoms with E-state index in [-0.39, 0.29) is 46.6 Å². The summed E-state index contributed by atoms with van der Waals surface area (Å²) in [5, 5.41) is 0. The second-order valence-corrected chi connectivity index (χ2v) is 12.3. The van der Waals surface area contributed by atoms with E-state index in [1.165, 1.54) is 13.0 Å². The third-order valence-corrected chi connectivity index (χ3v) is 8.67. The summed E-state index contributed by atoms with van der Waals surface area (Å²) in [6, 6.07) is 2.94. The second kappa shape index (κ2) is 8.38. The fourth-order valence-electron chi connectivity index (χ4n) is 6.62. The quantitative estimate of drug-likeness (QED) is 0.337. The molecule has 8 heteroatoms. The molecule has 0 radical (unpaired) electrons. The van der Waals surface area contributed by atoms with Crippen LogP contribution in [0.2, 0.25) is 0 Å². The molecule has 0 N–H and O–H groups in total. The Hall–Kier alpha value is -1.93. The molecule has 0 heterocycles. The van der Waals surface area contributed by atoms with Crippen LogP contribution >= 0.6 is 0 Å². The van der Waals surface area contributed by atoms with Crippen LogP contribution in [-0.4, -0.2) is 31.0 Å². The fourth-order valence-corrected chi connectivity index (χ4v) is 7.47. The van der Waals surface area contributed by atoms with Crippen LogP contribution in [0.5, 0.6) is 5.75 Å². The van der Waals surface area contributed by atoms with E-state index in [1.807, 2.05) is 13.8 Å². The van der Waals surface area contributed by atoms with Crippen LogP contribution in [-0.2, 0) is 24.4 Å². The van der Waals surface area contributed by atoms with Gasteiger partial charge < -0.3 is 14.0 Å². The molecule has 0 amide bonds. The number of ether oxygens (including phenoxy) is 2. The van der Waals surface area contributed by atoms with Gasteiger partial charge in [0, 0.05) is 6.92 Å². The van der Waals surface area contributed by atoms with Crippen molar-refractivity contribution in [1.82, 2.24) is 0 Å². The fraction of sp³-hybridized carbons (Fsp3) is 0.680. The lowest BCUT2D eigenvalue weighted by atomic mass is 9.48. The molecule has 1 aromatic carbocycles. The maximum Gasteiger partial charge on any atom is 0.317 e. The van der Waals surface area contributed by atoms with Gasteiger partial charge in [-0.05, 0) is 85.0 Å². The van der Waals surface area contributed by atoms with Gasteiger partial charge in [-0.3, -0.25) is 9.59 Å². The van der Waals surface area contributed by atoms with Crippen molar-refractivity contribution in [2.45, 2.75) is 89.6 Å². The Balaban J connectivity index is 1.66. The summed E-state index contributed by atoms with van der Waals surface area (Å²) in [5.41, 5.74) is 0.283. The minimum absolute atomic E-state index is 0.125. The van der Waals surface area contributed by atoms with Gasteiger partial charge in [0.25, 0.3) is 0 Å². The first kappa shape index (κ1) is 24.2. The molecule has 33 heavy (non-hydrogen) atoms. The highest BCUT2D eigenvalue weighted by Crippen LogP contribution is 2.61. The summed E-state index contributed by atoms with van der Waals surface area (Å²) in [4.78, 5) is 25.0. The van der Waals surface area contributed by atoms with Gasteiger partial charge in [0.2, 0.25) is 0 Å². The Morgan fingerprint density at radius 1 is 1.00 bits per heavy atom. The third-order valence-electron chi connectivity index (χ3n) is 7.78. The number of carbonyl (C=O) groups is 2. The van der Waals surface area contributed by atoms with Crippen LogP contribution < -0.4 is 4.74 Å². The highest BCUT2D eigenvalue weighted by atomic mass is 32.2. The molecule has 0 aliphatic heterocycles. The standard InChI is InChI=1S/C25H34O7S/c1-13(2)19-9-22(33(28,29)30)20(14(3)4)8-21(19)32-24(27)25-10-16-6-17(11-25)23(31-15(5)26)18(7-16)12-25/h8-9,13-14,16-18,23H,6-7,10-12H2,1-5H3,(H,28,29,30)/p-1. The molecule has 182 valence electrons. The molecule has 4 aliphatic rings. The number of carbonyl (C=O) groups excluding carboxylic acids is 2. The van der Waals surface area contributed by atoms with E-state index in [0.29, 0.717) is 35.6 Å². The van der Waals surface area contributed by atoms with Gasteiger partial charge in [0.1, 0.15) is 22.0 Å². The molecule has 0 saturated heterocycles. The van der Waals surface area contributed by atoms with Gasteiger partial charge in [-0.25, -0.2) is 8.42 Å². The molecule has 4 bridgehead atoms. The average Bonchev–Trinajstić information content (AvgIpc) is 2.68. The first-order valence-corrected chi connectivity index (χ1v) is 13.2. The van der Waals surface area contributed by atoms with Crippen molar-refractivity contribution in [1.29, 1.82) is 0 Å². The Bertz CT molecular complexity index is 1060. The SMILES string of the molecule is CC(=O)OC1C2CC3CC1CC(C(=O)Oc1cc(C(C)C)c(S(=O)(=O)[O-])cc1C(C)C)(C3)C2. The van der Waals surface area contributed by atoms with Crippen LogP contribution in [0.25, 0.3) is 0 Å². The number of hydrogen-bond donors (Lipinski definition) is 0. The van der Waals surface area contributed by atoms with Crippen molar-refractivity contribution < 1.29 is 32.0 Å². The summed E-state index contributed by atoms with van der Waals surface area (Å²) in [7, 11) is -4.66. The number of benzene rings is 1. The van der Waals surface area contributed by atoms with Crippen LogP contribution in [0.15, 0.2) is 17.0 Å². The van der Waals surface area contributed by atoms with E-state index in [1.54, 1.807) is 19.9 Å². The van der Waals surface area contributed by atoms with Gasteiger partial charge in [-0.2, -0.15) is 0 Å². The molecule has 2 unspecified atom stereocenters. The zero-order valence-electron chi connectivity index (χ0n) is 19.9. The van der Waals surface area contributed by atoms with E-state index < -0.39 is 15.5 Å². The molecule has 4 fully saturated rings. The van der Waals surface area contributed by atoms with Crippen molar-refractivity contribution in [2.24, 2.45) is 23.2 Å². The van der Waals surface area contributed by atoms with Crippen LogP contribution in [0.3, 0.4) is 0 Å². The van der Waals surface area contributed by atoms with Crippen molar-refractivity contribution in [3.8, 4) is 5.75 Å². The van der Waals surface area contributed by atoms with E-state index in [2.05, 4.69) is 0 Å². The Morgan fingerprint density at radius 2 is 1.58 bits per heavy atom. The van der Waals surface area contributed by atoms with Gasteiger partial charge in [0.15, 0.2) is 0 Å². The maximum absolute atomic E-state index is 13.6. The number of esters is 2. The van der Waals surface area contributed by atoms with Crippen LogP contribution in [0.1, 0.15) is 89.7 Å². The molecular weight excluding hydrogens is 444 g/mol. The highest BCUT2D eigenvalue weighted by molar-refractivity contribution is 7.85. The van der Waals surface area contributed by atoms with Crippen molar-refractivity contribution in [3.05, 3.63) is 23.3 Å². The molecule has 5 rings (SSSR count). The molecule has 4 aliphatic carbocycles. The largest absolute Gasteiger partial charge is 0.744 e. The predicted molar refractivity (Wildman–Crippen MR) is 120 cm³/mol. The van der Waals surface area contributed by atoms with Crippen LogP contribution in [0.4, 0.5) is 0 Å². The maximum atomic E-state index is 13.6. The summed E-state index contributed by atoms with van der Waals surface area (Å²) in [5.74, 6) is 0.139. The Kier molecular flexibility index (Phi) is 6.15. The Labute approximate surface area is 196 Å². The van der Waals surface area contributed by atoms with Gasteiger partial charge in [-0.15, -0.1) is 0 Å². The molecule has 7 nitrogen and oxygen atoms in total. The lowest BCUT2D eigenvalue weighted by molar-refractivity contribution is -0.189. The third kappa shape index (κ3) is 4.44. The molecule has 1 aromatic rings. The van der Waals surface area contributed by atoms with E-state index in [0.717, 1.165) is 19.3 Å². The molecule has 2 atom stereocenters. The normalized spacial score (nSPS) is 30.7. The summed E-state index contributed by atoms with van der Waals surface area (Å²) >= 11 is 0. The number of hydrogen-bond acceptors (Lipinski definition) is 7. The zero-order chi connectivity index (χ0) is 24.3. The van der Waals surface area contributed by atoms with Crippen molar-refractivity contribution in [3.63, 3.8) is 0 Å². The topological polar surface area (TPSA) is 110 Å². The van der Waals surface area contributed by atoms with Crippen LogP contribution in [0, 0.1) is 23.2 Å². The first-order valence-electron chi connectivity index (χ1n) is 11.8. The first-order chi connectivity index (χ1) is 15.3. The monoisotopic (exact) mass is 477 g/mol. The Morgan fingerprint density at radius 3 is 2.06 bits per heavy atom. The smallest absolute Gasteiger partial charge is 0.317 e. The van der Waals surface area contributed by atoms with E-state index in [4.69, 9.17) is 9.47 Å². The molecule has 0 aromatic heterocycles. The highest BCUT2D eigenvalue weighted by Gasteiger charge is 2.60. The van der Waals surface area contributed by atoms with Gasteiger partial charge in [-0.1, -0.05) is 27.7 Å². The summed E-state index contributed by atoms with van der Waals surface area (Å²) in [6.45, 7) is 8.78. The summed E-state index contributed by atoms with van der Waals surface area (Å²) in [6.07, 6.45) is 3.85. The van der Waals surface area contributed by atoms with E-state index >= 15 is 0 Å². The average molecular weight is 478 g/mol. The van der Waals surface area contributed by atoms with Gasteiger partial charge >= 0.3 is 11.9 Å². The van der Waals surface area contributed by atoms with E-state index in [9.17, 15) is 22.6 Å². The summed E-state index contributed by atoms with van der Waals surface area (Å²) < 4.78 is 47.4. The zero-order valence-corrected chi connectivity index (χ0v) is 20.7. The van der Waals surface area contributed by atoms with Crippen molar-refractivity contribution >= 4 is 22.1 Å². The molecular formula is C25H33O7S-. The van der Waals surface area contributed by atoms with Crippen molar-refractivity contribution in [2.75, 3.05) is 0 Å². The second-order valence-electron chi connectivity index (χ2n) is 10.9. The lowest BCUT2D eigenvalue weighted by Crippen LogP contribution is -2.58. The minimum Gasteiger partial charge on any atom is -0.744 e. The predicted octanol–water partition coefficient (Wildman–Crippen LogP) is 4.50. The molecule has 0 spiro atoms. The lowest BCUT2D eigenvalue weighted by Gasteiger charge is -2.57. The number of rotatable bonds is 6. The minimum atomic E-state index is -4.66. The molecule has 4 saturated carbocycles. The van der Waals surface area contributed by atoms with Gasteiger partial charge in [0.05, 0.1) is 10.3 Å².